The van der Waals surface area contributed by atoms with Crippen LogP contribution < -0.4 is 10.2 Å². The third kappa shape index (κ3) is 4.82. The number of hydrogen-bond acceptors (Lipinski definition) is 7. The van der Waals surface area contributed by atoms with E-state index in [9.17, 15) is 9.59 Å². The third-order valence-corrected chi connectivity index (χ3v) is 4.30. The van der Waals surface area contributed by atoms with Crippen LogP contribution in [0.4, 0.5) is 5.82 Å². The lowest BCUT2D eigenvalue weighted by Crippen LogP contribution is -2.49. The van der Waals surface area contributed by atoms with Crippen molar-refractivity contribution in [2.24, 2.45) is 0 Å². The summed E-state index contributed by atoms with van der Waals surface area (Å²) in [5.41, 5.74) is 0.280. The molecule has 144 valence electrons. The van der Waals surface area contributed by atoms with Crippen molar-refractivity contribution in [2.45, 2.75) is 6.42 Å². The summed E-state index contributed by atoms with van der Waals surface area (Å²) in [5, 5.41) is 2.78. The fraction of sp³-hybridized carbons (Fsp3) is 0.444. The fourth-order valence-electron chi connectivity index (χ4n) is 2.81. The van der Waals surface area contributed by atoms with Crippen molar-refractivity contribution in [1.82, 2.24) is 20.2 Å². The molecule has 1 aliphatic rings. The highest BCUT2D eigenvalue weighted by atomic mass is 16.5. The Morgan fingerprint density at radius 1 is 1.22 bits per heavy atom. The standard InChI is InChI=1S/C18H23N5O4/c1-26-10-3-5-19-17(24)14-12-21-16(13-20-14)22-6-8-23(9-7-22)18(25)15-4-2-11-27-15/h2,4,11-13H,3,5-10H2,1H3,(H,19,24). The van der Waals surface area contributed by atoms with Gasteiger partial charge in [0.25, 0.3) is 11.8 Å². The van der Waals surface area contributed by atoms with E-state index in [-0.39, 0.29) is 17.5 Å². The number of piperazine rings is 1. The first-order chi connectivity index (χ1) is 13.2. The molecule has 0 unspecified atom stereocenters. The molecule has 2 aromatic heterocycles. The summed E-state index contributed by atoms with van der Waals surface area (Å²) in [4.78, 5) is 36.6. The number of aromatic nitrogens is 2. The molecule has 0 aliphatic carbocycles. The zero-order valence-electron chi connectivity index (χ0n) is 15.3. The number of carbonyl (C=O) groups excluding carboxylic acids is 2. The van der Waals surface area contributed by atoms with E-state index in [2.05, 4.69) is 15.3 Å². The quantitative estimate of drug-likeness (QED) is 0.716. The van der Waals surface area contributed by atoms with Gasteiger partial charge >= 0.3 is 0 Å². The number of anilines is 1. The van der Waals surface area contributed by atoms with Crippen LogP contribution in [0.1, 0.15) is 27.5 Å². The van der Waals surface area contributed by atoms with Gasteiger partial charge in [-0.2, -0.15) is 0 Å². The van der Waals surface area contributed by atoms with E-state index >= 15 is 0 Å². The van der Waals surface area contributed by atoms with Gasteiger partial charge in [0.05, 0.1) is 18.7 Å². The molecule has 0 saturated carbocycles. The number of hydrogen-bond donors (Lipinski definition) is 1. The number of ether oxygens (including phenoxy) is 1. The van der Waals surface area contributed by atoms with Crippen LogP contribution in [0.25, 0.3) is 0 Å². The summed E-state index contributed by atoms with van der Waals surface area (Å²) in [6.45, 7) is 3.56. The van der Waals surface area contributed by atoms with Gasteiger partial charge in [0.2, 0.25) is 0 Å². The lowest BCUT2D eigenvalue weighted by molar-refractivity contribution is 0.0714. The second kappa shape index (κ2) is 9.13. The van der Waals surface area contributed by atoms with E-state index in [4.69, 9.17) is 9.15 Å². The maximum Gasteiger partial charge on any atom is 0.289 e. The minimum Gasteiger partial charge on any atom is -0.459 e. The summed E-state index contributed by atoms with van der Waals surface area (Å²) >= 11 is 0. The highest BCUT2D eigenvalue weighted by Gasteiger charge is 2.24. The van der Waals surface area contributed by atoms with Gasteiger partial charge in [0.15, 0.2) is 5.76 Å². The topological polar surface area (TPSA) is 101 Å². The lowest BCUT2D eigenvalue weighted by atomic mass is 10.3. The first-order valence-corrected chi connectivity index (χ1v) is 8.86. The van der Waals surface area contributed by atoms with Crippen LogP contribution in [-0.4, -0.2) is 73.1 Å². The fourth-order valence-corrected chi connectivity index (χ4v) is 2.81. The van der Waals surface area contributed by atoms with E-state index < -0.39 is 0 Å². The van der Waals surface area contributed by atoms with Gasteiger partial charge in [0.1, 0.15) is 11.5 Å². The number of methoxy groups -OCH3 is 1. The molecule has 0 radical (unpaired) electrons. The van der Waals surface area contributed by atoms with E-state index in [0.29, 0.717) is 50.9 Å². The molecule has 9 nitrogen and oxygen atoms in total. The monoisotopic (exact) mass is 373 g/mol. The van der Waals surface area contributed by atoms with Gasteiger partial charge in [-0.3, -0.25) is 9.59 Å². The molecule has 0 bridgehead atoms. The van der Waals surface area contributed by atoms with Gasteiger partial charge in [-0.05, 0) is 18.6 Å². The van der Waals surface area contributed by atoms with Gasteiger partial charge in [0, 0.05) is 46.4 Å². The van der Waals surface area contributed by atoms with Crippen molar-refractivity contribution in [1.29, 1.82) is 0 Å². The molecule has 0 atom stereocenters. The summed E-state index contributed by atoms with van der Waals surface area (Å²) in [6.07, 6.45) is 5.30. The van der Waals surface area contributed by atoms with Gasteiger partial charge in [-0.25, -0.2) is 9.97 Å². The molecule has 1 fully saturated rings. The Morgan fingerprint density at radius 2 is 2.04 bits per heavy atom. The molecule has 1 N–H and O–H groups in total. The highest BCUT2D eigenvalue weighted by Crippen LogP contribution is 2.14. The molecule has 0 aromatic carbocycles. The predicted molar refractivity (Wildman–Crippen MR) is 97.7 cm³/mol. The van der Waals surface area contributed by atoms with Crippen LogP contribution in [0.5, 0.6) is 0 Å². The zero-order chi connectivity index (χ0) is 19.1. The van der Waals surface area contributed by atoms with Crippen LogP contribution in [0, 0.1) is 0 Å². The number of nitrogens with zero attached hydrogens (tertiary/aromatic N) is 4. The van der Waals surface area contributed by atoms with Crippen molar-refractivity contribution in [3.8, 4) is 0 Å². The van der Waals surface area contributed by atoms with Gasteiger partial charge < -0.3 is 24.3 Å². The molecule has 1 aliphatic heterocycles. The number of carbonyl (C=O) groups is 2. The third-order valence-electron chi connectivity index (χ3n) is 4.30. The van der Waals surface area contributed by atoms with E-state index in [0.717, 1.165) is 6.42 Å². The number of amides is 2. The Kier molecular flexibility index (Phi) is 6.37. The number of rotatable bonds is 7. The molecule has 0 spiro atoms. The van der Waals surface area contributed by atoms with Crippen molar-refractivity contribution in [3.05, 3.63) is 42.2 Å². The Hall–Kier alpha value is -2.94. The molecular weight excluding hydrogens is 350 g/mol. The second-order valence-corrected chi connectivity index (χ2v) is 6.12. The molecule has 3 rings (SSSR count). The minimum absolute atomic E-state index is 0.105. The first-order valence-electron chi connectivity index (χ1n) is 8.86. The Labute approximate surface area is 157 Å². The minimum atomic E-state index is -0.251. The van der Waals surface area contributed by atoms with Crippen molar-refractivity contribution >= 4 is 17.6 Å². The van der Waals surface area contributed by atoms with Crippen LogP contribution in [0.2, 0.25) is 0 Å². The smallest absolute Gasteiger partial charge is 0.289 e. The van der Waals surface area contributed by atoms with E-state index in [1.54, 1.807) is 30.3 Å². The van der Waals surface area contributed by atoms with E-state index in [1.165, 1.54) is 12.5 Å². The number of furan rings is 1. The number of nitrogens with one attached hydrogen (secondary N) is 1. The predicted octanol–water partition coefficient (Wildman–Crippen LogP) is 0.798. The molecule has 2 amide bonds. The summed E-state index contributed by atoms with van der Waals surface area (Å²) < 4.78 is 10.1. The van der Waals surface area contributed by atoms with Crippen molar-refractivity contribution < 1.29 is 18.7 Å². The summed E-state index contributed by atoms with van der Waals surface area (Å²) in [5.74, 6) is 0.686. The molecule has 2 aromatic rings. The molecule has 9 heteroatoms. The summed E-state index contributed by atoms with van der Waals surface area (Å²) in [6, 6.07) is 3.37. The average Bonchev–Trinajstić information content (AvgIpc) is 3.26. The van der Waals surface area contributed by atoms with Crippen LogP contribution >= 0.6 is 0 Å². The maximum atomic E-state index is 12.3. The van der Waals surface area contributed by atoms with Crippen LogP contribution in [-0.2, 0) is 4.74 Å². The Balaban J connectivity index is 1.50. The Morgan fingerprint density at radius 3 is 2.67 bits per heavy atom. The normalized spacial score (nSPS) is 14.3. The highest BCUT2D eigenvalue weighted by molar-refractivity contribution is 5.92. The molecule has 3 heterocycles. The molecule has 1 saturated heterocycles. The molecule has 27 heavy (non-hydrogen) atoms. The maximum absolute atomic E-state index is 12.3. The van der Waals surface area contributed by atoms with Crippen LogP contribution in [0.15, 0.2) is 35.2 Å². The summed E-state index contributed by atoms with van der Waals surface area (Å²) in [7, 11) is 1.62. The van der Waals surface area contributed by atoms with Crippen LogP contribution in [0.3, 0.4) is 0 Å². The second-order valence-electron chi connectivity index (χ2n) is 6.12. The van der Waals surface area contributed by atoms with Gasteiger partial charge in [-0.15, -0.1) is 0 Å². The lowest BCUT2D eigenvalue weighted by Gasteiger charge is -2.34. The Bertz CT molecular complexity index is 740. The zero-order valence-corrected chi connectivity index (χ0v) is 15.3. The average molecular weight is 373 g/mol. The van der Waals surface area contributed by atoms with E-state index in [1.807, 2.05) is 4.90 Å². The van der Waals surface area contributed by atoms with Gasteiger partial charge in [-0.1, -0.05) is 0 Å². The first kappa shape index (κ1) is 18.8. The largest absolute Gasteiger partial charge is 0.459 e. The van der Waals surface area contributed by atoms with Crippen molar-refractivity contribution in [2.75, 3.05) is 51.3 Å². The SMILES string of the molecule is COCCCNC(=O)c1cnc(N2CCN(C(=O)c3ccco3)CC2)cn1. The molecular formula is C18H23N5O4. The van der Waals surface area contributed by atoms with Crippen molar-refractivity contribution in [3.63, 3.8) is 0 Å².